The summed E-state index contributed by atoms with van der Waals surface area (Å²) in [5.74, 6) is 0.769. The van der Waals surface area contributed by atoms with Crippen LogP contribution in [0.3, 0.4) is 0 Å². The molecule has 0 aliphatic heterocycles. The molecule has 0 radical (unpaired) electrons. The van der Waals surface area contributed by atoms with Crippen molar-refractivity contribution < 1.29 is 9.90 Å². The van der Waals surface area contributed by atoms with E-state index in [0.29, 0.717) is 23.3 Å². The van der Waals surface area contributed by atoms with E-state index in [2.05, 4.69) is 24.3 Å². The summed E-state index contributed by atoms with van der Waals surface area (Å²) < 4.78 is 0. The summed E-state index contributed by atoms with van der Waals surface area (Å²) in [6.45, 7) is 0. The van der Waals surface area contributed by atoms with Crippen LogP contribution in [0.2, 0.25) is 0 Å². The summed E-state index contributed by atoms with van der Waals surface area (Å²) in [4.78, 5) is 10.9. The van der Waals surface area contributed by atoms with Crippen LogP contribution in [0.15, 0.2) is 36.0 Å². The minimum atomic E-state index is -0.752. The van der Waals surface area contributed by atoms with Gasteiger partial charge in [0, 0.05) is 17.4 Å². The molecule has 4 atom stereocenters. The van der Waals surface area contributed by atoms with Crippen molar-refractivity contribution >= 4 is 5.97 Å². The van der Waals surface area contributed by atoms with E-state index in [9.17, 15) is 4.79 Å². The molecule has 1 N–H and O–H groups in total. The van der Waals surface area contributed by atoms with Crippen LogP contribution < -0.4 is 0 Å². The number of carboxylic acid groups (broad SMARTS) is 1. The highest BCUT2D eigenvalue weighted by molar-refractivity contribution is 5.88. The molecule has 13 heavy (non-hydrogen) atoms. The lowest BCUT2D eigenvalue weighted by Crippen LogP contribution is -2.40. The molecule has 0 amide bonds. The fraction of sp³-hybridized carbons (Fsp3) is 0.364. The van der Waals surface area contributed by atoms with Crippen molar-refractivity contribution in [2.75, 3.05) is 0 Å². The van der Waals surface area contributed by atoms with E-state index in [-0.39, 0.29) is 5.92 Å². The molecule has 0 fully saturated rings. The van der Waals surface area contributed by atoms with Gasteiger partial charge in [-0.05, 0) is 11.8 Å². The molecule has 0 spiro atoms. The first-order valence-corrected chi connectivity index (χ1v) is 4.59. The Hall–Kier alpha value is -1.31. The van der Waals surface area contributed by atoms with Gasteiger partial charge in [-0.25, -0.2) is 4.79 Å². The lowest BCUT2D eigenvalue weighted by molar-refractivity contribution is -0.133. The smallest absolute Gasteiger partial charge is 0.331 e. The molecule has 2 nitrogen and oxygen atoms in total. The zero-order chi connectivity index (χ0) is 9.00. The van der Waals surface area contributed by atoms with Gasteiger partial charge in [0.1, 0.15) is 0 Å². The fourth-order valence-corrected chi connectivity index (χ4v) is 2.63. The minimum Gasteiger partial charge on any atom is -0.478 e. The maximum Gasteiger partial charge on any atom is 0.331 e. The van der Waals surface area contributed by atoms with Crippen molar-refractivity contribution in [1.82, 2.24) is 0 Å². The van der Waals surface area contributed by atoms with E-state index in [4.69, 9.17) is 5.11 Å². The van der Waals surface area contributed by atoms with Crippen molar-refractivity contribution in [3.8, 4) is 0 Å². The number of allylic oxidation sites excluding steroid dienone is 5. The second-order valence-corrected chi connectivity index (χ2v) is 3.95. The highest BCUT2D eigenvalue weighted by Gasteiger charge is 2.44. The summed E-state index contributed by atoms with van der Waals surface area (Å²) in [5, 5.41) is 8.96. The Morgan fingerprint density at radius 3 is 2.46 bits per heavy atom. The standard InChI is InChI=1S/C11H10O2/c12-11(13)10-5-6-1-2-9(10)8-4-3-7(6)8/h1-9H,(H,12,13)/t6-,7+,8-,9-/m0/s1. The number of rotatable bonds is 1. The molecule has 66 valence electrons. The van der Waals surface area contributed by atoms with Crippen molar-refractivity contribution in [3.63, 3.8) is 0 Å². The van der Waals surface area contributed by atoms with E-state index in [0.717, 1.165) is 0 Å². The van der Waals surface area contributed by atoms with Gasteiger partial charge in [0.05, 0.1) is 0 Å². The normalized spacial score (nSPS) is 43.8. The third kappa shape index (κ3) is 0.755. The highest BCUT2D eigenvalue weighted by atomic mass is 16.4. The maximum absolute atomic E-state index is 10.9. The second-order valence-electron chi connectivity index (χ2n) is 3.95. The zero-order valence-corrected chi connectivity index (χ0v) is 7.05. The largest absolute Gasteiger partial charge is 0.478 e. The number of carboxylic acids is 1. The number of hydrogen-bond acceptors (Lipinski definition) is 1. The Kier molecular flexibility index (Phi) is 1.17. The first-order valence-electron chi connectivity index (χ1n) is 4.59. The molecule has 4 aliphatic rings. The van der Waals surface area contributed by atoms with E-state index in [1.807, 2.05) is 6.08 Å². The minimum absolute atomic E-state index is 0.137. The van der Waals surface area contributed by atoms with Crippen LogP contribution in [0.4, 0.5) is 0 Å². The van der Waals surface area contributed by atoms with Crippen molar-refractivity contribution in [2.45, 2.75) is 0 Å². The lowest BCUT2D eigenvalue weighted by atomic mass is 9.58. The molecule has 0 aromatic rings. The Balaban J connectivity index is 2.05. The molecule has 0 aromatic carbocycles. The molecule has 0 heterocycles. The predicted octanol–water partition coefficient (Wildman–Crippen LogP) is 1.62. The number of hydrogen-bond donors (Lipinski definition) is 1. The summed E-state index contributed by atoms with van der Waals surface area (Å²) in [7, 11) is 0. The fourth-order valence-electron chi connectivity index (χ4n) is 2.63. The van der Waals surface area contributed by atoms with Crippen LogP contribution in [0.1, 0.15) is 0 Å². The molecule has 2 heteroatoms. The third-order valence-corrected chi connectivity index (χ3v) is 3.38. The van der Waals surface area contributed by atoms with E-state index in [1.165, 1.54) is 0 Å². The Morgan fingerprint density at radius 1 is 1.15 bits per heavy atom. The molecule has 4 rings (SSSR count). The molecule has 4 aliphatic carbocycles. The lowest BCUT2D eigenvalue weighted by Gasteiger charge is -2.45. The Bertz CT molecular complexity index is 362. The van der Waals surface area contributed by atoms with Gasteiger partial charge in [0.15, 0.2) is 0 Å². The summed E-state index contributed by atoms with van der Waals surface area (Å²) in [5.41, 5.74) is 0.595. The Labute approximate surface area is 76.3 Å². The van der Waals surface area contributed by atoms with Crippen molar-refractivity contribution in [2.24, 2.45) is 23.7 Å². The van der Waals surface area contributed by atoms with Gasteiger partial charge in [0.2, 0.25) is 0 Å². The van der Waals surface area contributed by atoms with Crippen molar-refractivity contribution in [3.05, 3.63) is 36.0 Å². The van der Waals surface area contributed by atoms with E-state index >= 15 is 0 Å². The van der Waals surface area contributed by atoms with Crippen LogP contribution >= 0.6 is 0 Å². The molecule has 0 saturated heterocycles. The molecule has 0 aromatic heterocycles. The molecular weight excluding hydrogens is 164 g/mol. The molecule has 2 bridgehead atoms. The van der Waals surface area contributed by atoms with Gasteiger partial charge >= 0.3 is 5.97 Å². The summed E-state index contributed by atoms with van der Waals surface area (Å²) in [6, 6.07) is 0. The van der Waals surface area contributed by atoms with Crippen LogP contribution in [0.5, 0.6) is 0 Å². The van der Waals surface area contributed by atoms with Crippen LogP contribution in [-0.4, -0.2) is 11.1 Å². The first-order chi connectivity index (χ1) is 6.27. The topological polar surface area (TPSA) is 37.3 Å². The first kappa shape index (κ1) is 7.13. The molecule has 0 saturated carbocycles. The number of carbonyl (C=O) groups is 1. The van der Waals surface area contributed by atoms with Crippen molar-refractivity contribution in [1.29, 1.82) is 0 Å². The Morgan fingerprint density at radius 2 is 1.92 bits per heavy atom. The monoisotopic (exact) mass is 174 g/mol. The predicted molar refractivity (Wildman–Crippen MR) is 48.0 cm³/mol. The average Bonchev–Trinajstić information content (AvgIpc) is 2.03. The molecule has 0 unspecified atom stereocenters. The zero-order valence-electron chi connectivity index (χ0n) is 7.05. The van der Waals surface area contributed by atoms with E-state index < -0.39 is 5.97 Å². The van der Waals surface area contributed by atoms with Gasteiger partial charge < -0.3 is 5.11 Å². The summed E-state index contributed by atoms with van der Waals surface area (Å²) in [6.07, 6.45) is 10.4. The van der Waals surface area contributed by atoms with Gasteiger partial charge in [-0.15, -0.1) is 0 Å². The van der Waals surface area contributed by atoms with Crippen LogP contribution in [0.25, 0.3) is 0 Å². The van der Waals surface area contributed by atoms with E-state index in [1.54, 1.807) is 0 Å². The van der Waals surface area contributed by atoms with Gasteiger partial charge in [0.25, 0.3) is 0 Å². The van der Waals surface area contributed by atoms with Gasteiger partial charge in [-0.3, -0.25) is 0 Å². The van der Waals surface area contributed by atoms with Gasteiger partial charge in [-0.2, -0.15) is 0 Å². The SMILES string of the molecule is O=C(O)C1=C[C@@H]2C=C[C@H]1[C@H]1C=C[C@H]21. The molecular formula is C11H10O2. The highest BCUT2D eigenvalue weighted by Crippen LogP contribution is 2.49. The average molecular weight is 174 g/mol. The summed E-state index contributed by atoms with van der Waals surface area (Å²) >= 11 is 0. The number of aliphatic carboxylic acids is 1. The second kappa shape index (κ2) is 2.13. The maximum atomic E-state index is 10.9. The quantitative estimate of drug-likeness (QED) is 0.613. The third-order valence-electron chi connectivity index (χ3n) is 3.38. The van der Waals surface area contributed by atoms with Crippen LogP contribution in [0, 0.1) is 23.7 Å². The van der Waals surface area contributed by atoms with Crippen LogP contribution in [-0.2, 0) is 4.79 Å². The van der Waals surface area contributed by atoms with Gasteiger partial charge in [-0.1, -0.05) is 30.4 Å².